The highest BCUT2D eigenvalue weighted by molar-refractivity contribution is 6.43. The van der Waals surface area contributed by atoms with E-state index in [0.717, 1.165) is 10.5 Å². The zero-order valence-electron chi connectivity index (χ0n) is 19.7. The van der Waals surface area contributed by atoms with E-state index < -0.39 is 17.8 Å². The first-order chi connectivity index (χ1) is 17.2. The van der Waals surface area contributed by atoms with Crippen LogP contribution in [0.15, 0.2) is 60.2 Å². The molecule has 4 rings (SSSR count). The molecule has 1 N–H and O–H groups in total. The molecule has 1 aliphatic heterocycles. The van der Waals surface area contributed by atoms with Crippen LogP contribution in [0.4, 0.5) is 10.5 Å². The van der Waals surface area contributed by atoms with Crippen molar-refractivity contribution in [2.45, 2.75) is 20.5 Å². The third-order valence-electron chi connectivity index (χ3n) is 5.73. The molecule has 0 atom stereocenters. The number of barbiturate groups is 1. The summed E-state index contributed by atoms with van der Waals surface area (Å²) in [6, 6.07) is 14.5. The molecule has 0 radical (unpaired) electrons. The summed E-state index contributed by atoms with van der Waals surface area (Å²) in [7, 11) is 1.50. The van der Waals surface area contributed by atoms with Crippen LogP contribution in [-0.2, 0) is 16.2 Å². The summed E-state index contributed by atoms with van der Waals surface area (Å²) in [6.45, 7) is 4.44. The summed E-state index contributed by atoms with van der Waals surface area (Å²) in [5, 5.41) is 2.61. The molecule has 36 heavy (non-hydrogen) atoms. The Bertz CT molecular complexity index is 1420. The molecular formula is C27H22Cl2N2O5. The molecule has 0 unspecified atom stereocenters. The van der Waals surface area contributed by atoms with Gasteiger partial charge in [-0.25, -0.2) is 9.69 Å². The molecule has 0 bridgehead atoms. The molecule has 1 heterocycles. The van der Waals surface area contributed by atoms with Crippen LogP contribution in [0.1, 0.15) is 22.3 Å². The molecule has 1 saturated heterocycles. The minimum atomic E-state index is -0.881. The maximum absolute atomic E-state index is 13.1. The molecule has 1 fully saturated rings. The molecule has 0 aliphatic carbocycles. The van der Waals surface area contributed by atoms with Crippen LogP contribution in [0.25, 0.3) is 6.08 Å². The zero-order chi connectivity index (χ0) is 26.0. The zero-order valence-corrected chi connectivity index (χ0v) is 21.2. The van der Waals surface area contributed by atoms with Gasteiger partial charge < -0.3 is 9.47 Å². The van der Waals surface area contributed by atoms with Crippen molar-refractivity contribution >= 4 is 52.8 Å². The van der Waals surface area contributed by atoms with E-state index in [-0.39, 0.29) is 21.3 Å². The number of anilines is 1. The number of hydrogen-bond acceptors (Lipinski definition) is 5. The number of nitrogens with one attached hydrogen (secondary N) is 1. The van der Waals surface area contributed by atoms with Gasteiger partial charge in [0.05, 0.1) is 22.8 Å². The monoisotopic (exact) mass is 524 g/mol. The maximum atomic E-state index is 13.1. The first-order valence-corrected chi connectivity index (χ1v) is 11.7. The average molecular weight is 525 g/mol. The normalized spacial score (nSPS) is 14.8. The average Bonchev–Trinajstić information content (AvgIpc) is 2.84. The summed E-state index contributed by atoms with van der Waals surface area (Å²) < 4.78 is 11.4. The van der Waals surface area contributed by atoms with Gasteiger partial charge in [-0.2, -0.15) is 0 Å². The predicted molar refractivity (Wildman–Crippen MR) is 139 cm³/mol. The lowest BCUT2D eigenvalue weighted by atomic mass is 10.1. The lowest BCUT2D eigenvalue weighted by Gasteiger charge is -2.26. The van der Waals surface area contributed by atoms with Crippen LogP contribution in [0, 0.1) is 13.8 Å². The van der Waals surface area contributed by atoms with Crippen molar-refractivity contribution in [2.75, 3.05) is 12.0 Å². The smallest absolute Gasteiger partial charge is 0.335 e. The molecule has 3 aromatic carbocycles. The van der Waals surface area contributed by atoms with Gasteiger partial charge in [-0.1, -0.05) is 47.5 Å². The summed E-state index contributed by atoms with van der Waals surface area (Å²) >= 11 is 12.0. The molecule has 4 amide bonds. The van der Waals surface area contributed by atoms with Gasteiger partial charge in [0.1, 0.15) is 12.2 Å². The Labute approximate surface area is 218 Å². The van der Waals surface area contributed by atoms with Crippen molar-refractivity contribution in [3.63, 3.8) is 0 Å². The Kier molecular flexibility index (Phi) is 7.33. The van der Waals surface area contributed by atoms with Gasteiger partial charge in [0.25, 0.3) is 11.8 Å². The number of benzene rings is 3. The van der Waals surface area contributed by atoms with Crippen LogP contribution < -0.4 is 19.7 Å². The van der Waals surface area contributed by atoms with Gasteiger partial charge in [0.2, 0.25) is 0 Å². The van der Waals surface area contributed by atoms with E-state index >= 15 is 0 Å². The van der Waals surface area contributed by atoms with Crippen molar-refractivity contribution in [2.24, 2.45) is 0 Å². The van der Waals surface area contributed by atoms with Crippen LogP contribution in [-0.4, -0.2) is 25.0 Å². The fourth-order valence-electron chi connectivity index (χ4n) is 3.63. The highest BCUT2D eigenvalue weighted by atomic mass is 35.5. The summed E-state index contributed by atoms with van der Waals surface area (Å²) in [5.41, 5.74) is 3.85. The minimum absolute atomic E-state index is 0.165. The maximum Gasteiger partial charge on any atom is 0.335 e. The second kappa shape index (κ2) is 10.4. The van der Waals surface area contributed by atoms with Gasteiger partial charge in [-0.15, -0.1) is 0 Å². The number of carbonyl (C=O) groups is 3. The van der Waals surface area contributed by atoms with Gasteiger partial charge in [0.15, 0.2) is 11.5 Å². The number of rotatable bonds is 6. The van der Waals surface area contributed by atoms with Crippen LogP contribution >= 0.6 is 23.2 Å². The summed E-state index contributed by atoms with van der Waals surface area (Å²) in [6.07, 6.45) is 1.38. The van der Waals surface area contributed by atoms with Gasteiger partial charge >= 0.3 is 6.03 Å². The van der Waals surface area contributed by atoms with Gasteiger partial charge in [0, 0.05) is 0 Å². The van der Waals surface area contributed by atoms with E-state index in [1.807, 2.05) is 26.0 Å². The Morgan fingerprint density at radius 3 is 2.36 bits per heavy atom. The number of amides is 4. The number of nitrogens with zero attached hydrogens (tertiary/aromatic N) is 1. The largest absolute Gasteiger partial charge is 0.493 e. The number of halogens is 2. The fraction of sp³-hybridized carbons (Fsp3) is 0.148. The molecule has 0 saturated carbocycles. The lowest BCUT2D eigenvalue weighted by Crippen LogP contribution is -2.54. The van der Waals surface area contributed by atoms with Crippen molar-refractivity contribution in [3.05, 3.63) is 92.5 Å². The molecule has 3 aromatic rings. The lowest BCUT2D eigenvalue weighted by molar-refractivity contribution is -0.122. The third-order valence-corrected chi connectivity index (χ3v) is 6.47. The van der Waals surface area contributed by atoms with E-state index in [2.05, 4.69) is 11.4 Å². The van der Waals surface area contributed by atoms with E-state index in [0.29, 0.717) is 23.7 Å². The van der Waals surface area contributed by atoms with Gasteiger partial charge in [-0.3, -0.25) is 14.9 Å². The van der Waals surface area contributed by atoms with Crippen molar-refractivity contribution in [1.82, 2.24) is 5.32 Å². The number of hydrogen-bond donors (Lipinski definition) is 1. The Hall–Kier alpha value is -3.81. The van der Waals surface area contributed by atoms with Crippen molar-refractivity contribution in [3.8, 4) is 11.5 Å². The second-order valence-electron chi connectivity index (χ2n) is 8.17. The van der Waals surface area contributed by atoms with E-state index in [1.54, 1.807) is 18.2 Å². The summed E-state index contributed by atoms with van der Waals surface area (Å²) in [4.78, 5) is 38.9. The molecule has 7 nitrogen and oxygen atoms in total. The molecule has 1 aliphatic rings. The fourth-order valence-corrected chi connectivity index (χ4v) is 3.92. The topological polar surface area (TPSA) is 84.9 Å². The Morgan fingerprint density at radius 1 is 0.889 bits per heavy atom. The van der Waals surface area contributed by atoms with Crippen molar-refractivity contribution < 1.29 is 23.9 Å². The number of urea groups is 1. The van der Waals surface area contributed by atoms with Gasteiger partial charge in [-0.05, 0) is 72.5 Å². The third kappa shape index (κ3) is 5.22. The molecule has 184 valence electrons. The predicted octanol–water partition coefficient (Wildman–Crippen LogP) is 5.86. The number of aryl methyl sites for hydroxylation is 2. The highest BCUT2D eigenvalue weighted by Crippen LogP contribution is 2.32. The number of ether oxygens (including phenoxy) is 2. The van der Waals surface area contributed by atoms with E-state index in [9.17, 15) is 14.4 Å². The number of carbonyl (C=O) groups excluding carboxylic acids is 3. The van der Waals surface area contributed by atoms with E-state index in [4.69, 9.17) is 32.7 Å². The number of imide groups is 2. The van der Waals surface area contributed by atoms with E-state index in [1.165, 1.54) is 42.5 Å². The molecular weight excluding hydrogens is 503 g/mol. The molecule has 0 aromatic heterocycles. The first kappa shape index (κ1) is 25.3. The minimum Gasteiger partial charge on any atom is -0.493 e. The van der Waals surface area contributed by atoms with Crippen molar-refractivity contribution in [1.29, 1.82) is 0 Å². The SMILES string of the molecule is COc1cc(/C=C2\C(=O)NC(=O)N(c3ccc(Cl)c(Cl)c3)C2=O)ccc1OCc1ccc(C)c(C)c1. The number of methoxy groups -OCH3 is 1. The standard InChI is InChI=1S/C27H22Cl2N2O5/c1-15-4-5-18(10-16(15)2)14-36-23-9-6-17(12-24(23)35-3)11-20-25(32)30-27(34)31(26(20)33)19-7-8-21(28)22(29)13-19/h4-13H,14H2,1-3H3,(H,30,32,34)/b20-11+. The summed E-state index contributed by atoms with van der Waals surface area (Å²) in [5.74, 6) is -0.675. The Balaban J connectivity index is 1.59. The highest BCUT2D eigenvalue weighted by Gasteiger charge is 2.37. The Morgan fingerprint density at radius 2 is 1.67 bits per heavy atom. The quantitative estimate of drug-likeness (QED) is 0.322. The molecule has 0 spiro atoms. The van der Waals surface area contributed by atoms with Crippen LogP contribution in [0.2, 0.25) is 10.0 Å². The first-order valence-electron chi connectivity index (χ1n) is 10.9. The van der Waals surface area contributed by atoms with Crippen LogP contribution in [0.3, 0.4) is 0 Å². The molecule has 9 heteroatoms. The second-order valence-corrected chi connectivity index (χ2v) is 8.99. The van der Waals surface area contributed by atoms with Crippen LogP contribution in [0.5, 0.6) is 11.5 Å².